The van der Waals surface area contributed by atoms with Gasteiger partial charge in [0, 0.05) is 18.1 Å². The Balaban J connectivity index is 0.000000396. The van der Waals surface area contributed by atoms with Crippen molar-refractivity contribution in [3.8, 4) is 0 Å². The summed E-state index contributed by atoms with van der Waals surface area (Å²) >= 11 is 0. The summed E-state index contributed by atoms with van der Waals surface area (Å²) in [4.78, 5) is 0. The van der Waals surface area contributed by atoms with Crippen LogP contribution in [0.15, 0.2) is 34.9 Å². The quantitative estimate of drug-likeness (QED) is 0.721. The van der Waals surface area contributed by atoms with Crippen LogP contribution in [0.3, 0.4) is 0 Å². The van der Waals surface area contributed by atoms with E-state index in [4.69, 9.17) is 4.42 Å². The van der Waals surface area contributed by atoms with Crippen LogP contribution >= 0.6 is 0 Å². The van der Waals surface area contributed by atoms with Gasteiger partial charge in [0.25, 0.3) is 0 Å². The van der Waals surface area contributed by atoms with Gasteiger partial charge in [-0.25, -0.2) is 0 Å². The van der Waals surface area contributed by atoms with Gasteiger partial charge in [0.1, 0.15) is 5.58 Å². The molecular weight excluding hydrogens is 162 g/mol. The molecule has 2 nitrogen and oxygen atoms in total. The molecule has 0 aliphatic rings. The highest BCUT2D eigenvalue weighted by Gasteiger charge is 1.95. The number of anilines is 1. The molecular formula is C11H15NO. The van der Waals surface area contributed by atoms with Gasteiger partial charge in [0.2, 0.25) is 0 Å². The van der Waals surface area contributed by atoms with Gasteiger partial charge < -0.3 is 9.73 Å². The minimum Gasteiger partial charge on any atom is -0.464 e. The largest absolute Gasteiger partial charge is 0.464 e. The summed E-state index contributed by atoms with van der Waals surface area (Å²) in [5.74, 6) is 0. The van der Waals surface area contributed by atoms with Crippen LogP contribution in [0.4, 0.5) is 5.69 Å². The van der Waals surface area contributed by atoms with Gasteiger partial charge in [-0.3, -0.25) is 0 Å². The highest BCUT2D eigenvalue weighted by atomic mass is 16.3. The molecule has 2 rings (SSSR count). The van der Waals surface area contributed by atoms with Crippen LogP contribution in [0.2, 0.25) is 0 Å². The monoisotopic (exact) mass is 177 g/mol. The van der Waals surface area contributed by atoms with E-state index in [1.54, 1.807) is 6.26 Å². The van der Waals surface area contributed by atoms with Crippen molar-refractivity contribution >= 4 is 16.7 Å². The molecule has 0 spiro atoms. The lowest BCUT2D eigenvalue weighted by Crippen LogP contribution is -1.85. The van der Waals surface area contributed by atoms with Crippen molar-refractivity contribution in [3.05, 3.63) is 30.5 Å². The average molecular weight is 177 g/mol. The maximum atomic E-state index is 5.19. The first-order valence-electron chi connectivity index (χ1n) is 4.55. The summed E-state index contributed by atoms with van der Waals surface area (Å²) in [6, 6.07) is 7.96. The maximum absolute atomic E-state index is 5.19. The van der Waals surface area contributed by atoms with Crippen molar-refractivity contribution < 1.29 is 4.42 Å². The Labute approximate surface area is 78.6 Å². The molecule has 2 aromatic rings. The van der Waals surface area contributed by atoms with Crippen molar-refractivity contribution in [3.63, 3.8) is 0 Å². The average Bonchev–Trinajstić information content (AvgIpc) is 2.67. The zero-order chi connectivity index (χ0) is 9.68. The number of fused-ring (bicyclic) bond motifs is 1. The molecule has 1 N–H and O–H groups in total. The number of hydrogen-bond donors (Lipinski definition) is 1. The minimum absolute atomic E-state index is 0.934. The molecule has 0 aliphatic heterocycles. The molecule has 0 atom stereocenters. The van der Waals surface area contributed by atoms with E-state index >= 15 is 0 Å². The number of nitrogens with one attached hydrogen (secondary N) is 1. The third kappa shape index (κ3) is 2.02. The summed E-state index contributed by atoms with van der Waals surface area (Å²) in [5, 5.41) is 4.20. The molecule has 0 saturated carbocycles. The van der Waals surface area contributed by atoms with Crippen LogP contribution in [-0.2, 0) is 0 Å². The van der Waals surface area contributed by atoms with Gasteiger partial charge in [0.15, 0.2) is 0 Å². The molecule has 0 amide bonds. The lowest BCUT2D eigenvalue weighted by molar-refractivity contribution is 0.616. The van der Waals surface area contributed by atoms with E-state index in [9.17, 15) is 0 Å². The first kappa shape index (κ1) is 9.65. The van der Waals surface area contributed by atoms with E-state index in [2.05, 4.69) is 11.4 Å². The number of furan rings is 1. The van der Waals surface area contributed by atoms with E-state index in [0.717, 1.165) is 16.7 Å². The molecule has 1 aromatic heterocycles. The highest BCUT2D eigenvalue weighted by molar-refractivity contribution is 5.80. The normalized spacial score (nSPS) is 9.15. The van der Waals surface area contributed by atoms with E-state index in [0.29, 0.717) is 0 Å². The Morgan fingerprint density at radius 3 is 2.62 bits per heavy atom. The number of hydrogen-bond acceptors (Lipinski definition) is 2. The lowest BCUT2D eigenvalue weighted by atomic mass is 10.2. The molecule has 0 aliphatic carbocycles. The summed E-state index contributed by atoms with van der Waals surface area (Å²) in [7, 11) is 1.90. The predicted molar refractivity (Wildman–Crippen MR) is 57.1 cm³/mol. The van der Waals surface area contributed by atoms with Crippen LogP contribution in [-0.4, -0.2) is 7.05 Å². The van der Waals surface area contributed by atoms with Crippen LogP contribution < -0.4 is 5.32 Å². The van der Waals surface area contributed by atoms with Gasteiger partial charge in [0.05, 0.1) is 6.26 Å². The molecule has 0 radical (unpaired) electrons. The first-order chi connectivity index (χ1) is 6.40. The Morgan fingerprint density at radius 1 is 1.15 bits per heavy atom. The maximum Gasteiger partial charge on any atom is 0.133 e. The molecule has 2 heteroatoms. The number of benzene rings is 1. The first-order valence-corrected chi connectivity index (χ1v) is 4.55. The standard InChI is InChI=1S/C9H9NO.C2H6/c1-10-8-2-3-9-7(6-8)4-5-11-9;1-2/h2-6,10H,1H3;1-2H3. The topological polar surface area (TPSA) is 25.2 Å². The zero-order valence-corrected chi connectivity index (χ0v) is 8.29. The number of rotatable bonds is 1. The minimum atomic E-state index is 0.934. The fourth-order valence-electron chi connectivity index (χ4n) is 1.12. The van der Waals surface area contributed by atoms with E-state index < -0.39 is 0 Å². The Kier molecular flexibility index (Phi) is 3.38. The summed E-state index contributed by atoms with van der Waals surface area (Å²) in [5.41, 5.74) is 2.04. The lowest BCUT2D eigenvalue weighted by Gasteiger charge is -1.96. The van der Waals surface area contributed by atoms with E-state index in [-0.39, 0.29) is 0 Å². The van der Waals surface area contributed by atoms with Gasteiger partial charge in [-0.1, -0.05) is 13.8 Å². The van der Waals surface area contributed by atoms with Crippen molar-refractivity contribution in [2.24, 2.45) is 0 Å². The smallest absolute Gasteiger partial charge is 0.133 e. The second kappa shape index (κ2) is 4.55. The molecule has 0 unspecified atom stereocenters. The second-order valence-electron chi connectivity index (χ2n) is 2.42. The summed E-state index contributed by atoms with van der Waals surface area (Å²) < 4.78 is 5.19. The van der Waals surface area contributed by atoms with Gasteiger partial charge in [-0.15, -0.1) is 0 Å². The molecule has 13 heavy (non-hydrogen) atoms. The fourth-order valence-corrected chi connectivity index (χ4v) is 1.12. The Hall–Kier alpha value is -1.44. The van der Waals surface area contributed by atoms with E-state index in [1.165, 1.54) is 0 Å². The summed E-state index contributed by atoms with van der Waals surface area (Å²) in [6.45, 7) is 4.00. The van der Waals surface area contributed by atoms with Crippen LogP contribution in [0, 0.1) is 0 Å². The van der Waals surface area contributed by atoms with Crippen molar-refractivity contribution in [1.29, 1.82) is 0 Å². The van der Waals surface area contributed by atoms with Gasteiger partial charge >= 0.3 is 0 Å². The van der Waals surface area contributed by atoms with Crippen LogP contribution in [0.5, 0.6) is 0 Å². The Bertz CT molecular complexity index is 365. The third-order valence-electron chi connectivity index (χ3n) is 1.74. The molecule has 0 fully saturated rings. The molecule has 0 saturated heterocycles. The zero-order valence-electron chi connectivity index (χ0n) is 8.29. The summed E-state index contributed by atoms with van der Waals surface area (Å²) in [6.07, 6.45) is 1.70. The third-order valence-corrected chi connectivity index (χ3v) is 1.74. The van der Waals surface area contributed by atoms with Crippen LogP contribution in [0.1, 0.15) is 13.8 Å². The van der Waals surface area contributed by atoms with E-state index in [1.807, 2.05) is 39.1 Å². The molecule has 0 bridgehead atoms. The van der Waals surface area contributed by atoms with Gasteiger partial charge in [-0.2, -0.15) is 0 Å². The van der Waals surface area contributed by atoms with Crippen LogP contribution in [0.25, 0.3) is 11.0 Å². The molecule has 70 valence electrons. The second-order valence-corrected chi connectivity index (χ2v) is 2.42. The molecule has 1 heterocycles. The van der Waals surface area contributed by atoms with Crippen molar-refractivity contribution in [2.75, 3.05) is 12.4 Å². The predicted octanol–water partition coefficient (Wildman–Crippen LogP) is 3.50. The van der Waals surface area contributed by atoms with Crippen molar-refractivity contribution in [2.45, 2.75) is 13.8 Å². The van der Waals surface area contributed by atoms with Gasteiger partial charge in [-0.05, 0) is 24.3 Å². The van der Waals surface area contributed by atoms with Crippen molar-refractivity contribution in [1.82, 2.24) is 0 Å². The Morgan fingerprint density at radius 2 is 1.92 bits per heavy atom. The fraction of sp³-hybridized carbons (Fsp3) is 0.273. The highest BCUT2D eigenvalue weighted by Crippen LogP contribution is 2.19. The molecule has 1 aromatic carbocycles. The SMILES string of the molecule is CC.CNc1ccc2occc2c1.